The van der Waals surface area contributed by atoms with Crippen molar-refractivity contribution in [2.24, 2.45) is 5.11 Å². The van der Waals surface area contributed by atoms with Crippen LogP contribution < -0.4 is 0 Å². The van der Waals surface area contributed by atoms with E-state index in [1.807, 2.05) is 6.07 Å². The van der Waals surface area contributed by atoms with Gasteiger partial charge in [-0.1, -0.05) is 5.11 Å². The summed E-state index contributed by atoms with van der Waals surface area (Å²) in [6.45, 7) is 0.138. The lowest BCUT2D eigenvalue weighted by atomic mass is 10.0. The highest BCUT2D eigenvalue weighted by Crippen LogP contribution is 2.28. The van der Waals surface area contributed by atoms with Crippen molar-refractivity contribution in [1.29, 1.82) is 0 Å². The highest BCUT2D eigenvalue weighted by Gasteiger charge is 2.21. The van der Waals surface area contributed by atoms with Crippen LogP contribution in [-0.4, -0.2) is 32.8 Å². The first-order chi connectivity index (χ1) is 9.13. The quantitative estimate of drug-likeness (QED) is 0.445. The Morgan fingerprint density at radius 3 is 3.05 bits per heavy atom. The molecule has 0 saturated carbocycles. The highest BCUT2D eigenvalue weighted by atomic mass is 79.9. The molecule has 0 aliphatic heterocycles. The van der Waals surface area contributed by atoms with Gasteiger partial charge in [0.1, 0.15) is 11.8 Å². The molecule has 2 aromatic rings. The van der Waals surface area contributed by atoms with Gasteiger partial charge >= 0.3 is 0 Å². The lowest BCUT2D eigenvalue weighted by Gasteiger charge is -2.16. The Kier molecular flexibility index (Phi) is 4.39. The number of fused-ring (bicyclic) bond motifs is 1. The van der Waals surface area contributed by atoms with E-state index in [9.17, 15) is 10.2 Å². The molecule has 0 aliphatic rings. The Hall–Kier alpha value is -1.60. The maximum Gasteiger partial charge on any atom is 0.137 e. The third kappa shape index (κ3) is 3.05. The minimum atomic E-state index is -1.06. The summed E-state index contributed by atoms with van der Waals surface area (Å²) in [5.74, 6) is 0. The maximum atomic E-state index is 10.1. The van der Waals surface area contributed by atoms with Gasteiger partial charge in [-0.2, -0.15) is 0 Å². The number of hydrogen-bond donors (Lipinski definition) is 3. The van der Waals surface area contributed by atoms with Crippen molar-refractivity contribution < 1.29 is 10.2 Å². The molecule has 0 saturated heterocycles. The predicted octanol–water partition coefficient (Wildman–Crippen LogP) is 2.42. The van der Waals surface area contributed by atoms with Crippen molar-refractivity contribution in [2.75, 3.05) is 6.54 Å². The molecule has 3 N–H and O–H groups in total. The number of halogens is 1. The van der Waals surface area contributed by atoms with Crippen LogP contribution >= 0.6 is 15.9 Å². The topological polar surface area (TPSA) is 118 Å². The van der Waals surface area contributed by atoms with Crippen LogP contribution in [0.2, 0.25) is 0 Å². The number of rotatable bonds is 5. The first kappa shape index (κ1) is 13.8. The average Bonchev–Trinajstić information content (AvgIpc) is 2.80. The van der Waals surface area contributed by atoms with Crippen LogP contribution in [0, 0.1) is 0 Å². The van der Waals surface area contributed by atoms with Crippen molar-refractivity contribution in [2.45, 2.75) is 18.6 Å². The van der Waals surface area contributed by atoms with Crippen LogP contribution in [0.5, 0.6) is 0 Å². The van der Waals surface area contributed by atoms with Gasteiger partial charge in [-0.05, 0) is 33.9 Å². The Morgan fingerprint density at radius 1 is 1.53 bits per heavy atom. The van der Waals surface area contributed by atoms with Crippen molar-refractivity contribution in [3.63, 3.8) is 0 Å². The lowest BCUT2D eigenvalue weighted by molar-refractivity contribution is 0.0159. The van der Waals surface area contributed by atoms with E-state index in [1.54, 1.807) is 12.4 Å². The van der Waals surface area contributed by atoms with Crippen LogP contribution in [0.25, 0.3) is 21.5 Å². The molecule has 2 rings (SSSR count). The normalized spacial score (nSPS) is 14.1. The molecule has 0 fully saturated rings. The fourth-order valence-corrected chi connectivity index (χ4v) is 2.17. The van der Waals surface area contributed by atoms with Crippen molar-refractivity contribution in [1.82, 2.24) is 9.97 Å². The Bertz CT molecular complexity index is 623. The zero-order chi connectivity index (χ0) is 13.8. The molecular weight excluding hydrogens is 314 g/mol. The van der Waals surface area contributed by atoms with E-state index in [4.69, 9.17) is 5.53 Å². The second kappa shape index (κ2) is 6.03. The summed E-state index contributed by atoms with van der Waals surface area (Å²) in [5.41, 5.74) is 9.37. The second-order valence-electron chi connectivity index (χ2n) is 4.05. The highest BCUT2D eigenvalue weighted by molar-refractivity contribution is 9.10. The molecule has 0 bridgehead atoms. The largest absolute Gasteiger partial charge is 0.390 e. The van der Waals surface area contributed by atoms with Crippen molar-refractivity contribution in [3.8, 4) is 0 Å². The monoisotopic (exact) mass is 325 g/mol. The summed E-state index contributed by atoms with van der Waals surface area (Å²) in [4.78, 5) is 9.69. The molecule has 8 heteroatoms. The van der Waals surface area contributed by atoms with E-state index in [1.165, 1.54) is 0 Å². The van der Waals surface area contributed by atoms with Crippen LogP contribution in [-0.2, 0) is 0 Å². The maximum absolute atomic E-state index is 10.1. The Morgan fingerprint density at radius 2 is 2.32 bits per heavy atom. The van der Waals surface area contributed by atoms with E-state index >= 15 is 0 Å². The number of hydrogen-bond acceptors (Lipinski definition) is 4. The van der Waals surface area contributed by atoms with E-state index in [-0.39, 0.29) is 13.0 Å². The summed E-state index contributed by atoms with van der Waals surface area (Å²) in [7, 11) is 0. The predicted molar refractivity (Wildman–Crippen MR) is 73.4 cm³/mol. The van der Waals surface area contributed by atoms with Gasteiger partial charge in [0.15, 0.2) is 0 Å². The number of nitrogens with one attached hydrogen (secondary N) is 1. The molecule has 2 unspecified atom stereocenters. The number of H-pyrrole nitrogens is 1. The molecule has 0 spiro atoms. The molecule has 0 amide bonds. The summed E-state index contributed by atoms with van der Waals surface area (Å²) < 4.78 is 0.789. The van der Waals surface area contributed by atoms with Crippen LogP contribution in [0.15, 0.2) is 28.0 Å². The zero-order valence-electron chi connectivity index (χ0n) is 9.86. The molecular formula is C11H12BrN5O2. The molecule has 2 atom stereocenters. The number of azide groups is 1. The van der Waals surface area contributed by atoms with Gasteiger partial charge in [0.2, 0.25) is 0 Å². The van der Waals surface area contributed by atoms with E-state index in [0.29, 0.717) is 11.2 Å². The number of aromatic nitrogens is 2. The van der Waals surface area contributed by atoms with Crippen molar-refractivity contribution >= 4 is 27.0 Å². The molecule has 0 aliphatic carbocycles. The molecule has 7 nitrogen and oxygen atoms in total. The summed E-state index contributed by atoms with van der Waals surface area (Å²) >= 11 is 3.31. The average molecular weight is 326 g/mol. The molecule has 2 aromatic heterocycles. The molecule has 0 radical (unpaired) electrons. The van der Waals surface area contributed by atoms with Gasteiger partial charge in [-0.3, -0.25) is 0 Å². The fourth-order valence-electron chi connectivity index (χ4n) is 1.84. The Labute approximate surface area is 117 Å². The second-order valence-corrected chi connectivity index (χ2v) is 4.96. The standard InChI is InChI=1S/C11H12BrN5O2/c12-6-3-7-8(5-15-11(7)14-4-6)10(19)9(18)1-2-16-17-13/h3-5,9-10,18-19H,1-2H2,(H,14,15). The summed E-state index contributed by atoms with van der Waals surface area (Å²) in [6, 6.07) is 1.82. The van der Waals surface area contributed by atoms with Gasteiger partial charge < -0.3 is 15.2 Å². The van der Waals surface area contributed by atoms with E-state index in [0.717, 1.165) is 9.86 Å². The summed E-state index contributed by atoms with van der Waals surface area (Å²) in [5, 5.41) is 24.1. The van der Waals surface area contributed by atoms with Gasteiger partial charge in [0.25, 0.3) is 0 Å². The molecule has 2 heterocycles. The van der Waals surface area contributed by atoms with Crippen molar-refractivity contribution in [3.05, 3.63) is 38.9 Å². The van der Waals surface area contributed by atoms with Gasteiger partial charge in [-0.25, -0.2) is 4.98 Å². The third-order valence-electron chi connectivity index (χ3n) is 2.80. The molecule has 0 aromatic carbocycles. The summed E-state index contributed by atoms with van der Waals surface area (Å²) in [6.07, 6.45) is 1.40. The minimum absolute atomic E-state index is 0.138. The number of aliphatic hydroxyl groups is 2. The zero-order valence-corrected chi connectivity index (χ0v) is 11.4. The van der Waals surface area contributed by atoms with E-state index in [2.05, 4.69) is 35.9 Å². The van der Waals surface area contributed by atoms with Crippen LogP contribution in [0.4, 0.5) is 0 Å². The van der Waals surface area contributed by atoms with Crippen LogP contribution in [0.1, 0.15) is 18.1 Å². The number of aromatic amines is 1. The van der Waals surface area contributed by atoms with Gasteiger partial charge in [0, 0.05) is 39.3 Å². The van der Waals surface area contributed by atoms with Gasteiger partial charge in [-0.15, -0.1) is 0 Å². The Balaban J connectivity index is 2.23. The SMILES string of the molecule is [N-]=[N+]=NCCC(O)C(O)c1c[nH]c2ncc(Br)cc12. The smallest absolute Gasteiger partial charge is 0.137 e. The number of aliphatic hydroxyl groups excluding tert-OH is 2. The lowest BCUT2D eigenvalue weighted by Crippen LogP contribution is -2.18. The first-order valence-electron chi connectivity index (χ1n) is 5.63. The molecule has 100 valence electrons. The molecule has 19 heavy (non-hydrogen) atoms. The fraction of sp³-hybridized carbons (Fsp3) is 0.364. The van der Waals surface area contributed by atoms with Crippen LogP contribution in [0.3, 0.4) is 0 Å². The third-order valence-corrected chi connectivity index (χ3v) is 3.23. The number of nitrogens with zero attached hydrogens (tertiary/aromatic N) is 4. The van der Waals surface area contributed by atoms with Gasteiger partial charge in [0.05, 0.1) is 6.10 Å². The number of pyridine rings is 1. The minimum Gasteiger partial charge on any atom is -0.390 e. The first-order valence-corrected chi connectivity index (χ1v) is 6.42. The van der Waals surface area contributed by atoms with E-state index < -0.39 is 12.2 Å².